The van der Waals surface area contributed by atoms with Gasteiger partial charge in [0.05, 0.1) is 12.7 Å². The Hall–Kier alpha value is -2.70. The molecule has 0 unspecified atom stereocenters. The third kappa shape index (κ3) is 4.58. The molecule has 0 atom stereocenters. The van der Waals surface area contributed by atoms with E-state index in [0.29, 0.717) is 12.2 Å². The molecule has 28 heavy (non-hydrogen) atoms. The monoisotopic (exact) mass is 392 g/mol. The van der Waals surface area contributed by atoms with Crippen molar-refractivity contribution < 1.29 is 22.7 Å². The highest BCUT2D eigenvalue weighted by molar-refractivity contribution is 5.89. The molecule has 1 saturated carbocycles. The van der Waals surface area contributed by atoms with E-state index in [9.17, 15) is 18.0 Å². The van der Waals surface area contributed by atoms with Crippen LogP contribution in [0, 0.1) is 0 Å². The molecule has 1 aliphatic carbocycles. The van der Waals surface area contributed by atoms with Crippen molar-refractivity contribution in [2.24, 2.45) is 0 Å². The van der Waals surface area contributed by atoms with Gasteiger partial charge in [-0.2, -0.15) is 13.2 Å². The fraction of sp³-hybridized carbons (Fsp3) is 0.381. The summed E-state index contributed by atoms with van der Waals surface area (Å²) in [5, 5.41) is 5.48. The molecule has 0 aromatic heterocycles. The van der Waals surface area contributed by atoms with E-state index in [4.69, 9.17) is 4.74 Å². The van der Waals surface area contributed by atoms with Gasteiger partial charge in [-0.25, -0.2) is 4.79 Å². The Morgan fingerprint density at radius 2 is 1.64 bits per heavy atom. The standard InChI is InChI=1S/C21H23F3N2O2/c1-28-18-10-6-15(7-11-18)20(12-2-3-13-20)14-25-19(27)26-17-8-4-16(5-9-17)21(22,23)24/h4-11H,2-3,12-14H2,1H3,(H2,25,26,27). The number of halogens is 3. The van der Waals surface area contributed by atoms with Crippen LogP contribution in [0.5, 0.6) is 5.75 Å². The van der Waals surface area contributed by atoms with Crippen molar-refractivity contribution in [3.05, 3.63) is 59.7 Å². The fourth-order valence-corrected chi connectivity index (χ4v) is 3.73. The summed E-state index contributed by atoms with van der Waals surface area (Å²) < 4.78 is 43.1. The van der Waals surface area contributed by atoms with Crippen molar-refractivity contribution in [2.45, 2.75) is 37.3 Å². The summed E-state index contributed by atoms with van der Waals surface area (Å²) >= 11 is 0. The number of benzene rings is 2. The molecular weight excluding hydrogens is 369 g/mol. The number of methoxy groups -OCH3 is 1. The quantitative estimate of drug-likeness (QED) is 0.721. The second-order valence-electron chi connectivity index (χ2n) is 7.10. The summed E-state index contributed by atoms with van der Waals surface area (Å²) in [7, 11) is 1.62. The molecule has 0 bridgehead atoms. The Bertz CT molecular complexity index is 796. The molecule has 2 aromatic rings. The molecule has 2 amide bonds. The number of hydrogen-bond acceptors (Lipinski definition) is 2. The topological polar surface area (TPSA) is 50.4 Å². The molecule has 0 saturated heterocycles. The van der Waals surface area contributed by atoms with Gasteiger partial charge in [0.2, 0.25) is 0 Å². The third-order valence-corrected chi connectivity index (χ3v) is 5.32. The Labute approximate surface area is 162 Å². The van der Waals surface area contributed by atoms with Crippen molar-refractivity contribution in [1.29, 1.82) is 0 Å². The minimum atomic E-state index is -4.39. The van der Waals surface area contributed by atoms with Crippen LogP contribution >= 0.6 is 0 Å². The lowest BCUT2D eigenvalue weighted by molar-refractivity contribution is -0.137. The minimum absolute atomic E-state index is 0.135. The van der Waals surface area contributed by atoms with Gasteiger partial charge in [0.25, 0.3) is 0 Å². The predicted octanol–water partition coefficient (Wildman–Crippen LogP) is 5.35. The molecule has 7 heteroatoms. The number of amides is 2. The average molecular weight is 392 g/mol. The van der Waals surface area contributed by atoms with Gasteiger partial charge in [-0.05, 0) is 54.8 Å². The zero-order valence-electron chi connectivity index (χ0n) is 15.6. The molecule has 3 rings (SSSR count). The number of carbonyl (C=O) groups is 1. The van der Waals surface area contributed by atoms with E-state index in [0.717, 1.165) is 49.1 Å². The highest BCUT2D eigenvalue weighted by Crippen LogP contribution is 2.41. The SMILES string of the molecule is COc1ccc(C2(CNC(=O)Nc3ccc(C(F)(F)F)cc3)CCCC2)cc1. The maximum absolute atomic E-state index is 12.6. The molecule has 1 aliphatic rings. The zero-order chi connectivity index (χ0) is 20.2. The van der Waals surface area contributed by atoms with Crippen LogP contribution in [0.4, 0.5) is 23.7 Å². The number of alkyl halides is 3. The molecule has 0 spiro atoms. The average Bonchev–Trinajstić information content (AvgIpc) is 3.16. The first-order valence-corrected chi connectivity index (χ1v) is 9.19. The molecule has 0 radical (unpaired) electrons. The molecule has 150 valence electrons. The molecule has 2 N–H and O–H groups in total. The van der Waals surface area contributed by atoms with E-state index in [2.05, 4.69) is 10.6 Å². The van der Waals surface area contributed by atoms with Crippen molar-refractivity contribution in [1.82, 2.24) is 5.32 Å². The van der Waals surface area contributed by atoms with Crippen LogP contribution in [0.2, 0.25) is 0 Å². The smallest absolute Gasteiger partial charge is 0.416 e. The summed E-state index contributed by atoms with van der Waals surface area (Å²) in [5.74, 6) is 0.782. The van der Waals surface area contributed by atoms with Gasteiger partial charge in [-0.15, -0.1) is 0 Å². The Morgan fingerprint density at radius 3 is 2.18 bits per heavy atom. The second kappa shape index (κ2) is 8.12. The van der Waals surface area contributed by atoms with E-state index >= 15 is 0 Å². The molecule has 1 fully saturated rings. The van der Waals surface area contributed by atoms with Crippen LogP contribution in [0.15, 0.2) is 48.5 Å². The number of ether oxygens (including phenoxy) is 1. The van der Waals surface area contributed by atoms with Crippen LogP contribution in [-0.4, -0.2) is 19.7 Å². The van der Waals surface area contributed by atoms with Gasteiger partial charge in [0, 0.05) is 17.6 Å². The van der Waals surface area contributed by atoms with Crippen molar-refractivity contribution in [3.63, 3.8) is 0 Å². The summed E-state index contributed by atoms with van der Waals surface area (Å²) in [4.78, 5) is 12.3. The Kier molecular flexibility index (Phi) is 5.82. The van der Waals surface area contributed by atoms with Crippen molar-refractivity contribution in [3.8, 4) is 5.75 Å². The number of urea groups is 1. The maximum atomic E-state index is 12.6. The highest BCUT2D eigenvalue weighted by Gasteiger charge is 2.36. The lowest BCUT2D eigenvalue weighted by Gasteiger charge is -2.30. The first kappa shape index (κ1) is 20.0. The minimum Gasteiger partial charge on any atom is -0.497 e. The number of anilines is 1. The maximum Gasteiger partial charge on any atom is 0.416 e. The van der Waals surface area contributed by atoms with Crippen molar-refractivity contribution >= 4 is 11.7 Å². The van der Waals surface area contributed by atoms with E-state index < -0.39 is 17.8 Å². The third-order valence-electron chi connectivity index (χ3n) is 5.32. The van der Waals surface area contributed by atoms with E-state index in [1.165, 1.54) is 12.1 Å². The van der Waals surface area contributed by atoms with Crippen molar-refractivity contribution in [2.75, 3.05) is 19.0 Å². The van der Waals surface area contributed by atoms with Gasteiger partial charge in [-0.3, -0.25) is 0 Å². The molecular formula is C21H23F3N2O2. The van der Waals surface area contributed by atoms with Gasteiger partial charge in [0.15, 0.2) is 0 Å². The largest absolute Gasteiger partial charge is 0.497 e. The predicted molar refractivity (Wildman–Crippen MR) is 102 cm³/mol. The van der Waals surface area contributed by atoms with Crippen LogP contribution < -0.4 is 15.4 Å². The lowest BCUT2D eigenvalue weighted by Crippen LogP contribution is -2.40. The molecule has 0 heterocycles. The molecule has 4 nitrogen and oxygen atoms in total. The Balaban J connectivity index is 1.62. The zero-order valence-corrected chi connectivity index (χ0v) is 15.6. The van der Waals surface area contributed by atoms with Crippen LogP contribution in [0.1, 0.15) is 36.8 Å². The van der Waals surface area contributed by atoms with E-state index in [1.807, 2.05) is 24.3 Å². The van der Waals surface area contributed by atoms with Gasteiger partial charge in [-0.1, -0.05) is 25.0 Å². The van der Waals surface area contributed by atoms with Gasteiger partial charge >= 0.3 is 12.2 Å². The summed E-state index contributed by atoms with van der Waals surface area (Å²) in [6.07, 6.45) is -0.268. The normalized spacial score (nSPS) is 15.9. The van der Waals surface area contributed by atoms with Crippen LogP contribution in [0.25, 0.3) is 0 Å². The number of carbonyl (C=O) groups excluding carboxylic acids is 1. The fourth-order valence-electron chi connectivity index (χ4n) is 3.73. The second-order valence-corrected chi connectivity index (χ2v) is 7.10. The van der Waals surface area contributed by atoms with Crippen LogP contribution in [0.3, 0.4) is 0 Å². The van der Waals surface area contributed by atoms with Crippen LogP contribution in [-0.2, 0) is 11.6 Å². The summed E-state index contributed by atoms with van der Waals surface area (Å²) in [6.45, 7) is 0.464. The Morgan fingerprint density at radius 1 is 1.04 bits per heavy atom. The van der Waals surface area contributed by atoms with E-state index in [1.54, 1.807) is 7.11 Å². The van der Waals surface area contributed by atoms with Gasteiger partial charge < -0.3 is 15.4 Å². The molecule has 0 aliphatic heterocycles. The number of nitrogens with one attached hydrogen (secondary N) is 2. The van der Waals surface area contributed by atoms with E-state index in [-0.39, 0.29) is 5.41 Å². The number of hydrogen-bond donors (Lipinski definition) is 2. The summed E-state index contributed by atoms with van der Waals surface area (Å²) in [6, 6.07) is 11.8. The highest BCUT2D eigenvalue weighted by atomic mass is 19.4. The summed E-state index contributed by atoms with van der Waals surface area (Å²) in [5.41, 5.74) is 0.586. The lowest BCUT2D eigenvalue weighted by atomic mass is 9.79. The molecule has 2 aromatic carbocycles. The first-order valence-electron chi connectivity index (χ1n) is 9.19. The first-order chi connectivity index (χ1) is 13.3. The van der Waals surface area contributed by atoms with Gasteiger partial charge in [0.1, 0.15) is 5.75 Å². The number of rotatable bonds is 5.